The molecule has 0 aliphatic carbocycles. The fraction of sp³-hybridized carbons (Fsp3) is 0.800. The molecule has 1 fully saturated rings. The first-order valence-corrected chi connectivity index (χ1v) is 7.78. The van der Waals surface area contributed by atoms with Crippen LogP contribution in [0.2, 0.25) is 0 Å². The van der Waals surface area contributed by atoms with Crippen molar-refractivity contribution in [1.82, 2.24) is 9.80 Å². The predicted octanol–water partition coefficient (Wildman–Crippen LogP) is 0.961. The Morgan fingerprint density at radius 2 is 2.05 bits per heavy atom. The molecule has 1 saturated heterocycles. The van der Waals surface area contributed by atoms with Gasteiger partial charge >= 0.3 is 0 Å². The summed E-state index contributed by atoms with van der Waals surface area (Å²) in [6.07, 6.45) is 3.04. The van der Waals surface area contributed by atoms with Crippen molar-refractivity contribution < 1.29 is 9.59 Å². The van der Waals surface area contributed by atoms with Crippen molar-refractivity contribution in [3.05, 3.63) is 0 Å². The Hall–Kier alpha value is -1.59. The van der Waals surface area contributed by atoms with E-state index < -0.39 is 5.54 Å². The Morgan fingerprint density at radius 1 is 1.33 bits per heavy atom. The Labute approximate surface area is 126 Å². The summed E-state index contributed by atoms with van der Waals surface area (Å²) in [5.74, 6) is 0.907. The minimum absolute atomic E-state index is 0.0125. The number of carbonyl (C=O) groups excluding carboxylic acids is 2. The molecule has 2 amide bonds. The van der Waals surface area contributed by atoms with Crippen LogP contribution in [0.3, 0.4) is 0 Å². The number of nitrogens with zero attached hydrogens (tertiary/aromatic N) is 3. The molecule has 1 atom stereocenters. The van der Waals surface area contributed by atoms with E-state index in [4.69, 9.17) is 5.73 Å². The van der Waals surface area contributed by atoms with Gasteiger partial charge in [-0.25, -0.2) is 4.99 Å². The number of nitrogens with two attached hydrogens (primary N) is 1. The second-order valence-corrected chi connectivity index (χ2v) is 6.64. The molecule has 2 aliphatic heterocycles. The van der Waals surface area contributed by atoms with Gasteiger partial charge in [0.2, 0.25) is 5.91 Å². The standard InChI is InChI=1S/C15H26N4O2/c1-11(2)10-15(3)13(21)19(14(16)17-15)9-5-8-18-7-4-6-12(18)20/h11H,4-10H2,1-3H3,(H2,16,17). The first-order chi connectivity index (χ1) is 9.83. The molecule has 0 aromatic rings. The third kappa shape index (κ3) is 3.36. The summed E-state index contributed by atoms with van der Waals surface area (Å²) in [7, 11) is 0. The van der Waals surface area contributed by atoms with Gasteiger partial charge in [0.1, 0.15) is 5.54 Å². The molecule has 6 nitrogen and oxygen atoms in total. The predicted molar refractivity (Wildman–Crippen MR) is 81.6 cm³/mol. The van der Waals surface area contributed by atoms with Gasteiger partial charge in [-0.3, -0.25) is 14.5 Å². The zero-order valence-corrected chi connectivity index (χ0v) is 13.3. The number of likely N-dealkylation sites (tertiary alicyclic amines) is 1. The Bertz CT molecular complexity index is 461. The van der Waals surface area contributed by atoms with E-state index in [0.29, 0.717) is 37.8 Å². The topological polar surface area (TPSA) is 79.0 Å². The smallest absolute Gasteiger partial charge is 0.257 e. The maximum absolute atomic E-state index is 12.5. The number of hydrogen-bond acceptors (Lipinski definition) is 4. The lowest BCUT2D eigenvalue weighted by Crippen LogP contribution is -2.44. The highest BCUT2D eigenvalue weighted by Crippen LogP contribution is 2.28. The first-order valence-electron chi connectivity index (χ1n) is 7.78. The van der Waals surface area contributed by atoms with E-state index >= 15 is 0 Å². The maximum atomic E-state index is 12.5. The zero-order valence-electron chi connectivity index (χ0n) is 13.3. The van der Waals surface area contributed by atoms with E-state index in [1.807, 2.05) is 11.8 Å². The molecule has 0 bridgehead atoms. The molecule has 0 saturated carbocycles. The van der Waals surface area contributed by atoms with Gasteiger partial charge in [-0.05, 0) is 32.1 Å². The third-order valence-electron chi connectivity index (χ3n) is 4.13. The van der Waals surface area contributed by atoms with Gasteiger partial charge in [0.25, 0.3) is 5.91 Å². The number of guanidine groups is 1. The Kier molecular flexibility index (Phi) is 4.54. The highest BCUT2D eigenvalue weighted by Gasteiger charge is 2.43. The molecule has 2 aliphatic rings. The summed E-state index contributed by atoms with van der Waals surface area (Å²) in [4.78, 5) is 31.9. The highest BCUT2D eigenvalue weighted by molar-refractivity contribution is 6.06. The molecule has 1 unspecified atom stereocenters. The minimum Gasteiger partial charge on any atom is -0.369 e. The SMILES string of the molecule is CC(C)CC1(C)N=C(N)N(CCCN2CCCC2=O)C1=O. The van der Waals surface area contributed by atoms with E-state index in [0.717, 1.165) is 19.4 Å². The molecular weight excluding hydrogens is 268 g/mol. The van der Waals surface area contributed by atoms with Gasteiger partial charge in [0, 0.05) is 26.1 Å². The van der Waals surface area contributed by atoms with Gasteiger partial charge in [-0.2, -0.15) is 0 Å². The molecule has 0 aromatic carbocycles. The second-order valence-electron chi connectivity index (χ2n) is 6.64. The van der Waals surface area contributed by atoms with Crippen LogP contribution in [-0.4, -0.2) is 52.7 Å². The molecule has 118 valence electrons. The van der Waals surface area contributed by atoms with E-state index in [1.54, 1.807) is 4.90 Å². The van der Waals surface area contributed by atoms with Crippen LogP contribution < -0.4 is 5.73 Å². The Balaban J connectivity index is 1.88. The number of hydrogen-bond donors (Lipinski definition) is 1. The monoisotopic (exact) mass is 294 g/mol. The normalized spacial score (nSPS) is 26.2. The van der Waals surface area contributed by atoms with Crippen LogP contribution in [0.25, 0.3) is 0 Å². The molecule has 2 N–H and O–H groups in total. The molecule has 2 heterocycles. The third-order valence-corrected chi connectivity index (χ3v) is 4.13. The first kappa shape index (κ1) is 15.8. The van der Waals surface area contributed by atoms with Crippen molar-refractivity contribution >= 4 is 17.8 Å². The second kappa shape index (κ2) is 6.03. The number of aliphatic imine (C=N–C) groups is 1. The zero-order chi connectivity index (χ0) is 15.6. The molecule has 0 spiro atoms. The minimum atomic E-state index is -0.721. The van der Waals surface area contributed by atoms with Crippen molar-refractivity contribution in [1.29, 1.82) is 0 Å². The molecular formula is C15H26N4O2. The lowest BCUT2D eigenvalue weighted by molar-refractivity contribution is -0.131. The molecule has 0 aromatic heterocycles. The van der Waals surface area contributed by atoms with Crippen LogP contribution in [0.5, 0.6) is 0 Å². The van der Waals surface area contributed by atoms with Crippen LogP contribution in [0.1, 0.15) is 46.5 Å². The summed E-state index contributed by atoms with van der Waals surface area (Å²) in [5.41, 5.74) is 5.20. The maximum Gasteiger partial charge on any atom is 0.257 e. The average Bonchev–Trinajstić information content (AvgIpc) is 2.85. The van der Waals surface area contributed by atoms with Gasteiger partial charge in [0.15, 0.2) is 5.96 Å². The average molecular weight is 294 g/mol. The fourth-order valence-corrected chi connectivity index (χ4v) is 3.26. The summed E-state index contributed by atoms with van der Waals surface area (Å²) >= 11 is 0. The fourth-order valence-electron chi connectivity index (χ4n) is 3.26. The summed E-state index contributed by atoms with van der Waals surface area (Å²) in [6, 6.07) is 0. The van der Waals surface area contributed by atoms with Gasteiger partial charge < -0.3 is 10.6 Å². The van der Waals surface area contributed by atoms with Crippen LogP contribution in [-0.2, 0) is 9.59 Å². The lowest BCUT2D eigenvalue weighted by atomic mass is 9.91. The van der Waals surface area contributed by atoms with Crippen molar-refractivity contribution in [3.63, 3.8) is 0 Å². The van der Waals surface area contributed by atoms with Crippen molar-refractivity contribution in [2.24, 2.45) is 16.6 Å². The summed E-state index contributed by atoms with van der Waals surface area (Å²) in [6.45, 7) is 8.06. The molecule has 2 rings (SSSR count). The summed E-state index contributed by atoms with van der Waals surface area (Å²) in [5, 5.41) is 0. The largest absolute Gasteiger partial charge is 0.369 e. The molecule has 6 heteroatoms. The van der Waals surface area contributed by atoms with E-state index in [9.17, 15) is 9.59 Å². The number of amides is 2. The summed E-state index contributed by atoms with van der Waals surface area (Å²) < 4.78 is 0. The van der Waals surface area contributed by atoms with Gasteiger partial charge in [-0.1, -0.05) is 13.8 Å². The van der Waals surface area contributed by atoms with Crippen molar-refractivity contribution in [3.8, 4) is 0 Å². The quantitative estimate of drug-likeness (QED) is 0.792. The van der Waals surface area contributed by atoms with Gasteiger partial charge in [-0.15, -0.1) is 0 Å². The van der Waals surface area contributed by atoms with E-state index in [2.05, 4.69) is 18.8 Å². The van der Waals surface area contributed by atoms with E-state index in [1.165, 1.54) is 0 Å². The molecule has 0 radical (unpaired) electrons. The molecule has 21 heavy (non-hydrogen) atoms. The van der Waals surface area contributed by atoms with Crippen molar-refractivity contribution in [2.45, 2.75) is 52.0 Å². The number of carbonyl (C=O) groups is 2. The van der Waals surface area contributed by atoms with Crippen LogP contribution in [0.4, 0.5) is 0 Å². The highest BCUT2D eigenvalue weighted by atomic mass is 16.2. The van der Waals surface area contributed by atoms with E-state index in [-0.39, 0.29) is 11.8 Å². The van der Waals surface area contributed by atoms with Crippen LogP contribution in [0, 0.1) is 5.92 Å². The Morgan fingerprint density at radius 3 is 2.62 bits per heavy atom. The van der Waals surface area contributed by atoms with Gasteiger partial charge in [0.05, 0.1) is 0 Å². The van der Waals surface area contributed by atoms with Crippen molar-refractivity contribution in [2.75, 3.05) is 19.6 Å². The van der Waals surface area contributed by atoms with Crippen LogP contribution >= 0.6 is 0 Å². The van der Waals surface area contributed by atoms with Crippen LogP contribution in [0.15, 0.2) is 4.99 Å². The lowest BCUT2D eigenvalue weighted by Gasteiger charge is -2.24. The number of rotatable bonds is 6.